The fourth-order valence-corrected chi connectivity index (χ4v) is 2.28. The van der Waals surface area contributed by atoms with E-state index >= 15 is 0 Å². The maximum Gasteiger partial charge on any atom is 0.326 e. The number of nitrogens with two attached hydrogens (primary N) is 1. The van der Waals surface area contributed by atoms with Gasteiger partial charge in [-0.15, -0.1) is 0 Å². The number of aliphatic hydroxyl groups is 1. The molecule has 3 N–H and O–H groups in total. The predicted molar refractivity (Wildman–Crippen MR) is 66.4 cm³/mol. The van der Waals surface area contributed by atoms with Crippen molar-refractivity contribution in [2.24, 2.45) is 11.7 Å². The van der Waals surface area contributed by atoms with Gasteiger partial charge in [0.25, 0.3) is 0 Å². The SMILES string of the molecule is CC(C)(C)OC(=O)[C@@H](N)[C@H](O)C1CCCCC1. The normalized spacial score (nSPS) is 21.9. The third kappa shape index (κ3) is 4.64. The van der Waals surface area contributed by atoms with Crippen LogP contribution in [0.5, 0.6) is 0 Å². The van der Waals surface area contributed by atoms with E-state index in [4.69, 9.17) is 10.5 Å². The molecule has 1 saturated carbocycles. The van der Waals surface area contributed by atoms with Crippen molar-refractivity contribution in [1.29, 1.82) is 0 Å². The van der Waals surface area contributed by atoms with Gasteiger partial charge in [-0.05, 0) is 39.5 Å². The van der Waals surface area contributed by atoms with Crippen molar-refractivity contribution in [3.05, 3.63) is 0 Å². The lowest BCUT2D eigenvalue weighted by molar-refractivity contribution is -0.160. The van der Waals surface area contributed by atoms with Gasteiger partial charge in [-0.1, -0.05) is 19.3 Å². The van der Waals surface area contributed by atoms with Crippen LogP contribution in [-0.4, -0.2) is 28.8 Å². The fraction of sp³-hybridized carbons (Fsp3) is 0.923. The van der Waals surface area contributed by atoms with Gasteiger partial charge < -0.3 is 15.6 Å². The molecule has 1 aliphatic rings. The van der Waals surface area contributed by atoms with Crippen LogP contribution in [0.15, 0.2) is 0 Å². The van der Waals surface area contributed by atoms with Gasteiger partial charge in [-0.3, -0.25) is 4.79 Å². The summed E-state index contributed by atoms with van der Waals surface area (Å²) in [6.45, 7) is 5.39. The number of aliphatic hydroxyl groups excluding tert-OH is 1. The number of hydrogen-bond donors (Lipinski definition) is 2. The van der Waals surface area contributed by atoms with E-state index in [0.717, 1.165) is 25.7 Å². The monoisotopic (exact) mass is 243 g/mol. The third-order valence-electron chi connectivity index (χ3n) is 3.18. The second-order valence-electron chi connectivity index (χ2n) is 5.95. The van der Waals surface area contributed by atoms with Crippen molar-refractivity contribution in [3.63, 3.8) is 0 Å². The van der Waals surface area contributed by atoms with Crippen molar-refractivity contribution < 1.29 is 14.6 Å². The molecule has 0 unspecified atom stereocenters. The average molecular weight is 243 g/mol. The fourth-order valence-electron chi connectivity index (χ4n) is 2.28. The Labute approximate surface area is 104 Å². The molecule has 1 rings (SSSR count). The highest BCUT2D eigenvalue weighted by atomic mass is 16.6. The molecular weight excluding hydrogens is 218 g/mol. The molecule has 0 aromatic heterocycles. The summed E-state index contributed by atoms with van der Waals surface area (Å²) < 4.78 is 5.19. The second kappa shape index (κ2) is 5.83. The standard InChI is InChI=1S/C13H25NO3/c1-13(2,3)17-12(16)10(14)11(15)9-7-5-4-6-8-9/h9-11,15H,4-8,14H2,1-3H3/t10-,11+/m0/s1. The molecule has 0 aromatic carbocycles. The molecule has 4 nitrogen and oxygen atoms in total. The van der Waals surface area contributed by atoms with Crippen LogP contribution in [0.2, 0.25) is 0 Å². The Morgan fingerprint density at radius 3 is 2.29 bits per heavy atom. The zero-order valence-corrected chi connectivity index (χ0v) is 11.1. The minimum Gasteiger partial charge on any atom is -0.459 e. The van der Waals surface area contributed by atoms with Crippen LogP contribution in [0.25, 0.3) is 0 Å². The van der Waals surface area contributed by atoms with E-state index in [0.29, 0.717) is 0 Å². The summed E-state index contributed by atoms with van der Waals surface area (Å²) in [7, 11) is 0. The van der Waals surface area contributed by atoms with Crippen LogP contribution in [0.3, 0.4) is 0 Å². The molecule has 0 spiro atoms. The number of esters is 1. The van der Waals surface area contributed by atoms with Gasteiger partial charge in [0.1, 0.15) is 11.6 Å². The van der Waals surface area contributed by atoms with Gasteiger partial charge in [0.15, 0.2) is 0 Å². The zero-order valence-electron chi connectivity index (χ0n) is 11.1. The number of carbonyl (C=O) groups excluding carboxylic acids is 1. The Morgan fingerprint density at radius 1 is 1.29 bits per heavy atom. The molecule has 0 radical (unpaired) electrons. The summed E-state index contributed by atoms with van der Waals surface area (Å²) in [4.78, 5) is 11.7. The predicted octanol–water partition coefficient (Wildman–Crippen LogP) is 1.60. The van der Waals surface area contributed by atoms with E-state index in [1.807, 2.05) is 0 Å². The molecule has 0 saturated heterocycles. The highest BCUT2D eigenvalue weighted by molar-refractivity contribution is 5.76. The zero-order chi connectivity index (χ0) is 13.1. The second-order valence-corrected chi connectivity index (χ2v) is 5.95. The number of carbonyl (C=O) groups is 1. The molecule has 0 aliphatic heterocycles. The molecule has 2 atom stereocenters. The van der Waals surface area contributed by atoms with E-state index in [1.165, 1.54) is 6.42 Å². The lowest BCUT2D eigenvalue weighted by Gasteiger charge is -2.31. The Hall–Kier alpha value is -0.610. The summed E-state index contributed by atoms with van der Waals surface area (Å²) in [5, 5.41) is 10.1. The Kier molecular flexibility index (Phi) is 4.95. The van der Waals surface area contributed by atoms with Crippen LogP contribution in [-0.2, 0) is 9.53 Å². The smallest absolute Gasteiger partial charge is 0.326 e. The molecule has 17 heavy (non-hydrogen) atoms. The quantitative estimate of drug-likeness (QED) is 0.738. The third-order valence-corrected chi connectivity index (χ3v) is 3.18. The summed E-state index contributed by atoms with van der Waals surface area (Å²) in [6, 6.07) is -0.919. The minimum atomic E-state index is -0.919. The summed E-state index contributed by atoms with van der Waals surface area (Å²) in [5.41, 5.74) is 5.22. The van der Waals surface area contributed by atoms with Crippen molar-refractivity contribution in [3.8, 4) is 0 Å². The first-order valence-corrected chi connectivity index (χ1v) is 6.48. The van der Waals surface area contributed by atoms with Gasteiger partial charge >= 0.3 is 5.97 Å². The maximum absolute atomic E-state index is 11.7. The van der Waals surface area contributed by atoms with Gasteiger partial charge in [0.2, 0.25) is 0 Å². The van der Waals surface area contributed by atoms with Crippen LogP contribution in [0.1, 0.15) is 52.9 Å². The highest BCUT2D eigenvalue weighted by Crippen LogP contribution is 2.27. The molecule has 0 bridgehead atoms. The van der Waals surface area contributed by atoms with E-state index < -0.39 is 23.7 Å². The molecule has 4 heteroatoms. The number of hydrogen-bond acceptors (Lipinski definition) is 4. The van der Waals surface area contributed by atoms with E-state index in [-0.39, 0.29) is 5.92 Å². The lowest BCUT2D eigenvalue weighted by atomic mass is 9.83. The first-order chi connectivity index (χ1) is 7.81. The van der Waals surface area contributed by atoms with Crippen LogP contribution in [0, 0.1) is 5.92 Å². The number of rotatable bonds is 3. The van der Waals surface area contributed by atoms with Gasteiger partial charge in [0.05, 0.1) is 6.10 Å². The topological polar surface area (TPSA) is 72.5 Å². The molecule has 1 aliphatic carbocycles. The van der Waals surface area contributed by atoms with Crippen LogP contribution < -0.4 is 5.73 Å². The summed E-state index contributed by atoms with van der Waals surface area (Å²) in [6.07, 6.45) is 4.58. The molecule has 0 amide bonds. The Morgan fingerprint density at radius 2 is 1.82 bits per heavy atom. The lowest BCUT2D eigenvalue weighted by Crippen LogP contribution is -2.48. The Bertz CT molecular complexity index is 254. The summed E-state index contributed by atoms with van der Waals surface area (Å²) in [5.74, 6) is -0.359. The first kappa shape index (κ1) is 14.5. The van der Waals surface area contributed by atoms with E-state index in [1.54, 1.807) is 20.8 Å². The van der Waals surface area contributed by atoms with E-state index in [9.17, 15) is 9.90 Å². The van der Waals surface area contributed by atoms with Gasteiger partial charge in [-0.25, -0.2) is 0 Å². The largest absolute Gasteiger partial charge is 0.459 e. The molecule has 100 valence electrons. The van der Waals surface area contributed by atoms with E-state index in [2.05, 4.69) is 0 Å². The molecule has 1 fully saturated rings. The van der Waals surface area contributed by atoms with Crippen molar-refractivity contribution in [1.82, 2.24) is 0 Å². The van der Waals surface area contributed by atoms with Gasteiger partial charge in [0, 0.05) is 0 Å². The minimum absolute atomic E-state index is 0.145. The number of ether oxygens (including phenoxy) is 1. The maximum atomic E-state index is 11.7. The molecule has 0 aromatic rings. The first-order valence-electron chi connectivity index (χ1n) is 6.48. The average Bonchev–Trinajstić information content (AvgIpc) is 2.26. The summed E-state index contributed by atoms with van der Waals surface area (Å²) >= 11 is 0. The highest BCUT2D eigenvalue weighted by Gasteiger charge is 2.33. The van der Waals surface area contributed by atoms with Crippen molar-refractivity contribution in [2.75, 3.05) is 0 Å². The van der Waals surface area contributed by atoms with Crippen molar-refractivity contribution >= 4 is 5.97 Å². The van der Waals surface area contributed by atoms with Crippen LogP contribution >= 0.6 is 0 Å². The van der Waals surface area contributed by atoms with Gasteiger partial charge in [-0.2, -0.15) is 0 Å². The van der Waals surface area contributed by atoms with Crippen LogP contribution in [0.4, 0.5) is 0 Å². The molecule has 0 heterocycles. The molecular formula is C13H25NO3. The Balaban J connectivity index is 2.50. The van der Waals surface area contributed by atoms with Crippen molar-refractivity contribution in [2.45, 2.75) is 70.6 Å².